The van der Waals surface area contributed by atoms with E-state index in [1.807, 2.05) is 0 Å². The van der Waals surface area contributed by atoms with Crippen molar-refractivity contribution in [2.24, 2.45) is 0 Å². The Kier molecular flexibility index (Phi) is 7.56. The maximum Gasteiger partial charge on any atom is 0.358 e. The number of nitrogens with zero attached hydrogens (tertiary/aromatic N) is 1. The molecule has 0 saturated carbocycles. The molecular weight excluding hydrogens is 274 g/mol. The van der Waals surface area contributed by atoms with Crippen LogP contribution in [0.25, 0.3) is 0 Å². The first-order valence-corrected chi connectivity index (χ1v) is 6.75. The van der Waals surface area contributed by atoms with Gasteiger partial charge in [-0.25, -0.2) is 14.6 Å². The van der Waals surface area contributed by atoms with Gasteiger partial charge in [-0.05, 0) is 37.8 Å². The van der Waals surface area contributed by atoms with Crippen LogP contribution >= 0.6 is 0 Å². The average molecular weight is 293 g/mol. The van der Waals surface area contributed by atoms with Gasteiger partial charge in [0.05, 0.1) is 13.2 Å². The second-order valence-corrected chi connectivity index (χ2v) is 4.29. The molecule has 0 spiro atoms. The van der Waals surface area contributed by atoms with Gasteiger partial charge in [-0.1, -0.05) is 6.58 Å². The largest absolute Gasteiger partial charge is 0.491 e. The van der Waals surface area contributed by atoms with Gasteiger partial charge in [0.1, 0.15) is 0 Å². The number of unbranched alkanes of at least 4 members (excludes halogenated alkanes) is 3. The normalized spacial score (nSPS) is 9.90. The molecule has 0 aliphatic carbocycles. The van der Waals surface area contributed by atoms with Gasteiger partial charge in [-0.3, -0.25) is 0 Å². The molecule has 0 saturated heterocycles. The van der Waals surface area contributed by atoms with Gasteiger partial charge in [0, 0.05) is 12.3 Å². The van der Waals surface area contributed by atoms with Crippen LogP contribution in [-0.2, 0) is 9.53 Å². The number of rotatable bonds is 10. The molecule has 0 atom stereocenters. The van der Waals surface area contributed by atoms with E-state index in [9.17, 15) is 9.59 Å². The summed E-state index contributed by atoms with van der Waals surface area (Å²) in [5.41, 5.74) is -0.0752. The number of hydrogen-bond acceptors (Lipinski definition) is 5. The lowest BCUT2D eigenvalue weighted by Crippen LogP contribution is -2.06. The first-order chi connectivity index (χ1) is 10.1. The predicted molar refractivity (Wildman–Crippen MR) is 76.3 cm³/mol. The van der Waals surface area contributed by atoms with E-state index in [0.29, 0.717) is 13.2 Å². The lowest BCUT2D eigenvalue weighted by Gasteiger charge is -2.08. The Morgan fingerprint density at radius 3 is 2.62 bits per heavy atom. The minimum Gasteiger partial charge on any atom is -0.491 e. The maximum atomic E-state index is 10.9. The highest BCUT2D eigenvalue weighted by molar-refractivity contribution is 5.88. The van der Waals surface area contributed by atoms with Gasteiger partial charge < -0.3 is 14.6 Å². The molecule has 6 nitrogen and oxygen atoms in total. The Labute approximate surface area is 123 Å². The van der Waals surface area contributed by atoms with Crippen LogP contribution in [0.2, 0.25) is 0 Å². The number of aromatic carboxylic acids is 1. The number of hydrogen-bond donors (Lipinski definition) is 1. The van der Waals surface area contributed by atoms with Crippen LogP contribution in [-0.4, -0.2) is 35.2 Å². The lowest BCUT2D eigenvalue weighted by molar-refractivity contribution is -0.137. The summed E-state index contributed by atoms with van der Waals surface area (Å²) in [7, 11) is 0. The van der Waals surface area contributed by atoms with Crippen LogP contribution in [0.3, 0.4) is 0 Å². The summed E-state index contributed by atoms with van der Waals surface area (Å²) in [6.07, 6.45) is 5.96. The highest BCUT2D eigenvalue weighted by Crippen LogP contribution is 2.15. The van der Waals surface area contributed by atoms with Gasteiger partial charge in [0.15, 0.2) is 11.4 Å². The number of carboxylic acids is 1. The van der Waals surface area contributed by atoms with E-state index in [-0.39, 0.29) is 11.4 Å². The summed E-state index contributed by atoms with van der Waals surface area (Å²) in [5, 5.41) is 8.94. The Balaban J connectivity index is 2.13. The highest BCUT2D eigenvalue weighted by atomic mass is 16.5. The summed E-state index contributed by atoms with van der Waals surface area (Å²) in [4.78, 5) is 25.5. The number of esters is 1. The topological polar surface area (TPSA) is 85.7 Å². The van der Waals surface area contributed by atoms with E-state index in [2.05, 4.69) is 11.6 Å². The zero-order chi connectivity index (χ0) is 15.5. The summed E-state index contributed by atoms with van der Waals surface area (Å²) in [6, 6.07) is 3.22. The minimum absolute atomic E-state index is 0.0752. The zero-order valence-corrected chi connectivity index (χ0v) is 11.8. The third kappa shape index (κ3) is 6.56. The molecule has 1 aromatic rings. The van der Waals surface area contributed by atoms with E-state index >= 15 is 0 Å². The molecule has 1 N–H and O–H groups in total. The van der Waals surface area contributed by atoms with E-state index in [1.165, 1.54) is 6.20 Å². The fourth-order valence-corrected chi connectivity index (χ4v) is 1.64. The summed E-state index contributed by atoms with van der Waals surface area (Å²) in [5.74, 6) is -1.23. The Hall–Kier alpha value is -2.37. The fraction of sp³-hybridized carbons (Fsp3) is 0.400. The van der Waals surface area contributed by atoms with E-state index in [1.54, 1.807) is 12.1 Å². The second kappa shape index (κ2) is 9.52. The van der Waals surface area contributed by atoms with Crippen LogP contribution in [0.4, 0.5) is 0 Å². The second-order valence-electron chi connectivity index (χ2n) is 4.29. The molecule has 1 rings (SSSR count). The third-order valence-electron chi connectivity index (χ3n) is 2.68. The van der Waals surface area contributed by atoms with Crippen LogP contribution in [0.5, 0.6) is 5.75 Å². The summed E-state index contributed by atoms with van der Waals surface area (Å²) in [6.45, 7) is 4.13. The summed E-state index contributed by atoms with van der Waals surface area (Å²) < 4.78 is 10.3. The number of carbonyl (C=O) groups excluding carboxylic acids is 1. The van der Waals surface area contributed by atoms with Crippen LogP contribution in [0.1, 0.15) is 36.2 Å². The smallest absolute Gasteiger partial charge is 0.358 e. The van der Waals surface area contributed by atoms with Crippen molar-refractivity contribution in [3.63, 3.8) is 0 Å². The van der Waals surface area contributed by atoms with Crippen molar-refractivity contribution in [3.05, 3.63) is 36.7 Å². The van der Waals surface area contributed by atoms with Crippen LogP contribution < -0.4 is 4.74 Å². The van der Waals surface area contributed by atoms with Gasteiger partial charge >= 0.3 is 11.9 Å². The Bertz CT molecular complexity index is 487. The standard InChI is InChI=1S/C15H19NO5/c1-2-13(17)21-11-6-4-3-5-10-20-12-8-7-9-16-14(12)15(18)19/h2,7-9H,1,3-6,10-11H2,(H,18,19). The molecule has 0 aromatic carbocycles. The Morgan fingerprint density at radius 2 is 1.95 bits per heavy atom. The fourth-order valence-electron chi connectivity index (χ4n) is 1.64. The highest BCUT2D eigenvalue weighted by Gasteiger charge is 2.11. The molecule has 0 radical (unpaired) electrons. The average Bonchev–Trinajstić information content (AvgIpc) is 2.49. The van der Waals surface area contributed by atoms with Gasteiger partial charge in [-0.2, -0.15) is 0 Å². The molecule has 1 heterocycles. The van der Waals surface area contributed by atoms with Crippen molar-refractivity contribution in [1.82, 2.24) is 4.98 Å². The molecular formula is C15H19NO5. The molecule has 0 bridgehead atoms. The number of pyridine rings is 1. The van der Waals surface area contributed by atoms with E-state index in [4.69, 9.17) is 14.6 Å². The summed E-state index contributed by atoms with van der Waals surface area (Å²) >= 11 is 0. The molecule has 0 amide bonds. The van der Waals surface area contributed by atoms with Gasteiger partial charge in [0.2, 0.25) is 0 Å². The monoisotopic (exact) mass is 293 g/mol. The minimum atomic E-state index is -1.10. The first kappa shape index (κ1) is 16.7. The molecule has 0 aliphatic heterocycles. The first-order valence-electron chi connectivity index (χ1n) is 6.75. The quantitative estimate of drug-likeness (QED) is 0.405. The SMILES string of the molecule is C=CC(=O)OCCCCCCOc1cccnc1C(=O)O. The van der Waals surface area contributed by atoms with E-state index in [0.717, 1.165) is 31.8 Å². The maximum absolute atomic E-state index is 10.9. The third-order valence-corrected chi connectivity index (χ3v) is 2.68. The molecule has 6 heteroatoms. The number of carboxylic acid groups (broad SMARTS) is 1. The van der Waals surface area contributed by atoms with Gasteiger partial charge in [0.25, 0.3) is 0 Å². The van der Waals surface area contributed by atoms with Crippen LogP contribution in [0, 0.1) is 0 Å². The molecule has 1 aromatic heterocycles. The molecule has 21 heavy (non-hydrogen) atoms. The molecule has 0 fully saturated rings. The van der Waals surface area contributed by atoms with Crippen molar-refractivity contribution in [2.45, 2.75) is 25.7 Å². The van der Waals surface area contributed by atoms with Gasteiger partial charge in [-0.15, -0.1) is 0 Å². The molecule has 0 aliphatic rings. The predicted octanol–water partition coefficient (Wildman–Crippen LogP) is 2.45. The molecule has 0 unspecified atom stereocenters. The van der Waals surface area contributed by atoms with Crippen molar-refractivity contribution in [1.29, 1.82) is 0 Å². The number of aromatic nitrogens is 1. The lowest BCUT2D eigenvalue weighted by atomic mass is 10.2. The van der Waals surface area contributed by atoms with Crippen molar-refractivity contribution < 1.29 is 24.2 Å². The zero-order valence-electron chi connectivity index (χ0n) is 11.8. The van der Waals surface area contributed by atoms with Crippen molar-refractivity contribution in [2.75, 3.05) is 13.2 Å². The van der Waals surface area contributed by atoms with Crippen LogP contribution in [0.15, 0.2) is 31.0 Å². The Morgan fingerprint density at radius 1 is 1.24 bits per heavy atom. The molecule has 114 valence electrons. The van der Waals surface area contributed by atoms with Crippen molar-refractivity contribution in [3.8, 4) is 5.75 Å². The number of carbonyl (C=O) groups is 2. The van der Waals surface area contributed by atoms with Crippen molar-refractivity contribution >= 4 is 11.9 Å². The van der Waals surface area contributed by atoms with E-state index < -0.39 is 11.9 Å². The number of ether oxygens (including phenoxy) is 2.